The third kappa shape index (κ3) is 4.42. The van der Waals surface area contributed by atoms with Crippen LogP contribution in [0, 0.1) is 0 Å². The highest BCUT2D eigenvalue weighted by Crippen LogP contribution is 2.45. The number of halogens is 1. The molecule has 0 amide bonds. The van der Waals surface area contributed by atoms with Gasteiger partial charge in [0.1, 0.15) is 11.5 Å². The van der Waals surface area contributed by atoms with Gasteiger partial charge in [-0.2, -0.15) is 0 Å². The number of fused-ring (bicyclic) bond motifs is 3. The van der Waals surface area contributed by atoms with Crippen molar-refractivity contribution in [2.45, 2.75) is 0 Å². The molecular formula is C36H25BrN2O. The van der Waals surface area contributed by atoms with Crippen molar-refractivity contribution < 1.29 is 4.74 Å². The quantitative estimate of drug-likeness (QED) is 0.194. The average Bonchev–Trinajstić information content (AvgIpc) is 3.33. The van der Waals surface area contributed by atoms with Gasteiger partial charge in [0.2, 0.25) is 0 Å². The van der Waals surface area contributed by atoms with Crippen LogP contribution in [0.2, 0.25) is 0 Å². The summed E-state index contributed by atoms with van der Waals surface area (Å²) < 4.78 is 10.0. The molecule has 0 saturated heterocycles. The molecule has 0 aliphatic rings. The maximum atomic E-state index is 6.69. The fourth-order valence-corrected chi connectivity index (χ4v) is 5.75. The molecule has 0 saturated carbocycles. The van der Waals surface area contributed by atoms with E-state index in [1.807, 2.05) is 42.5 Å². The molecule has 0 aliphatic heterocycles. The molecule has 7 rings (SSSR count). The molecule has 0 bridgehead atoms. The van der Waals surface area contributed by atoms with Crippen molar-refractivity contribution in [2.75, 3.05) is 4.90 Å². The SMILES string of the molecule is Brc1cccc(N(c2ccccc2)c2cc(Oc3ccccc3)c3c4ccccc4n(-c4ccccc4)c3c2)c1. The van der Waals surface area contributed by atoms with Gasteiger partial charge in [0.05, 0.1) is 22.1 Å². The first-order chi connectivity index (χ1) is 19.8. The number of rotatable bonds is 6. The van der Waals surface area contributed by atoms with Crippen LogP contribution in [-0.2, 0) is 0 Å². The van der Waals surface area contributed by atoms with Gasteiger partial charge < -0.3 is 14.2 Å². The highest BCUT2D eigenvalue weighted by Gasteiger charge is 2.21. The number of ether oxygens (including phenoxy) is 1. The summed E-state index contributed by atoms with van der Waals surface area (Å²) in [6.07, 6.45) is 0. The van der Waals surface area contributed by atoms with Crippen LogP contribution in [0.15, 0.2) is 156 Å². The summed E-state index contributed by atoms with van der Waals surface area (Å²) in [5.41, 5.74) is 6.42. The van der Waals surface area contributed by atoms with Gasteiger partial charge in [0.25, 0.3) is 0 Å². The minimum Gasteiger partial charge on any atom is -0.457 e. The summed E-state index contributed by atoms with van der Waals surface area (Å²) in [6.45, 7) is 0. The van der Waals surface area contributed by atoms with Gasteiger partial charge >= 0.3 is 0 Å². The van der Waals surface area contributed by atoms with Crippen LogP contribution in [-0.4, -0.2) is 4.57 Å². The van der Waals surface area contributed by atoms with Gasteiger partial charge in [-0.15, -0.1) is 0 Å². The van der Waals surface area contributed by atoms with Gasteiger partial charge in [0, 0.05) is 33.0 Å². The normalized spacial score (nSPS) is 11.1. The van der Waals surface area contributed by atoms with Crippen LogP contribution >= 0.6 is 15.9 Å². The summed E-state index contributed by atoms with van der Waals surface area (Å²) in [4.78, 5) is 2.27. The fraction of sp³-hybridized carbons (Fsp3) is 0. The first-order valence-electron chi connectivity index (χ1n) is 13.2. The Morgan fingerprint density at radius 2 is 1.18 bits per heavy atom. The molecule has 0 atom stereocenters. The summed E-state index contributed by atoms with van der Waals surface area (Å²) >= 11 is 3.68. The molecule has 0 spiro atoms. The van der Waals surface area contributed by atoms with E-state index in [1.165, 1.54) is 0 Å². The van der Waals surface area contributed by atoms with E-state index in [1.54, 1.807) is 0 Å². The molecule has 7 aromatic rings. The lowest BCUT2D eigenvalue weighted by atomic mass is 10.1. The highest BCUT2D eigenvalue weighted by molar-refractivity contribution is 9.10. The molecule has 0 aliphatic carbocycles. The number of anilines is 3. The van der Waals surface area contributed by atoms with Gasteiger partial charge in [-0.25, -0.2) is 0 Å². The predicted molar refractivity (Wildman–Crippen MR) is 170 cm³/mol. The molecule has 1 aromatic heterocycles. The standard InChI is InChI=1S/C36H25BrN2O/c37-26-13-12-18-29(23-26)38(27-14-4-1-5-15-27)30-24-34-36(35(25-30)40-31-19-8-3-9-20-31)32-21-10-11-22-33(32)39(34)28-16-6-2-7-17-28/h1-25H. The molecule has 0 unspecified atom stereocenters. The molecule has 4 heteroatoms. The van der Waals surface area contributed by atoms with Gasteiger partial charge in [-0.3, -0.25) is 0 Å². The van der Waals surface area contributed by atoms with Crippen LogP contribution < -0.4 is 9.64 Å². The van der Waals surface area contributed by atoms with Crippen LogP contribution in [0.4, 0.5) is 17.1 Å². The Kier molecular flexibility index (Phi) is 6.31. The number of nitrogens with zero attached hydrogens (tertiary/aromatic N) is 2. The molecule has 0 fully saturated rings. The van der Waals surface area contributed by atoms with Crippen molar-refractivity contribution in [1.29, 1.82) is 0 Å². The predicted octanol–water partition coefficient (Wildman–Crippen LogP) is 10.8. The van der Waals surface area contributed by atoms with E-state index in [0.717, 1.165) is 60.5 Å². The maximum absolute atomic E-state index is 6.69. The summed E-state index contributed by atoms with van der Waals surface area (Å²) in [6, 6.07) is 52.3. The lowest BCUT2D eigenvalue weighted by Gasteiger charge is -2.26. The largest absolute Gasteiger partial charge is 0.457 e. The average molecular weight is 582 g/mol. The Morgan fingerprint density at radius 1 is 0.525 bits per heavy atom. The molecule has 1 heterocycles. The Bertz CT molecular complexity index is 1930. The van der Waals surface area contributed by atoms with Crippen LogP contribution in [0.25, 0.3) is 27.5 Å². The van der Waals surface area contributed by atoms with E-state index in [9.17, 15) is 0 Å². The molecule has 3 nitrogen and oxygen atoms in total. The monoisotopic (exact) mass is 580 g/mol. The van der Waals surface area contributed by atoms with Crippen molar-refractivity contribution in [2.24, 2.45) is 0 Å². The second-order valence-electron chi connectivity index (χ2n) is 9.59. The minimum absolute atomic E-state index is 0.797. The van der Waals surface area contributed by atoms with Crippen LogP contribution in [0.3, 0.4) is 0 Å². The molecule has 6 aromatic carbocycles. The second kappa shape index (κ2) is 10.4. The number of hydrogen-bond donors (Lipinski definition) is 0. The highest BCUT2D eigenvalue weighted by atomic mass is 79.9. The maximum Gasteiger partial charge on any atom is 0.139 e. The van der Waals surface area contributed by atoms with Crippen molar-refractivity contribution >= 4 is 54.8 Å². The van der Waals surface area contributed by atoms with Gasteiger partial charge in [-0.05, 0) is 66.7 Å². The molecule has 192 valence electrons. The number of benzene rings is 6. The summed E-state index contributed by atoms with van der Waals surface area (Å²) in [7, 11) is 0. The van der Waals surface area contributed by atoms with E-state index in [4.69, 9.17) is 4.74 Å². The first kappa shape index (κ1) is 24.3. The molecular weight excluding hydrogens is 556 g/mol. The lowest BCUT2D eigenvalue weighted by molar-refractivity contribution is 0.489. The second-order valence-corrected chi connectivity index (χ2v) is 10.5. The first-order valence-corrected chi connectivity index (χ1v) is 14.0. The number of aromatic nitrogens is 1. The van der Waals surface area contributed by atoms with E-state index in [0.29, 0.717) is 0 Å². The number of hydrogen-bond acceptors (Lipinski definition) is 2. The van der Waals surface area contributed by atoms with Crippen LogP contribution in [0.1, 0.15) is 0 Å². The van der Waals surface area contributed by atoms with Gasteiger partial charge in [-0.1, -0.05) is 94.8 Å². The topological polar surface area (TPSA) is 17.4 Å². The smallest absolute Gasteiger partial charge is 0.139 e. The lowest BCUT2D eigenvalue weighted by Crippen LogP contribution is -2.10. The van der Waals surface area contributed by atoms with Crippen molar-refractivity contribution in [3.63, 3.8) is 0 Å². The molecule has 0 N–H and O–H groups in total. The zero-order valence-electron chi connectivity index (χ0n) is 21.6. The third-order valence-corrected chi connectivity index (χ3v) is 7.54. The Labute approximate surface area is 241 Å². The summed E-state index contributed by atoms with van der Waals surface area (Å²) in [5, 5.41) is 2.22. The van der Waals surface area contributed by atoms with E-state index >= 15 is 0 Å². The van der Waals surface area contributed by atoms with Gasteiger partial charge in [0.15, 0.2) is 0 Å². The Hall–Kier alpha value is -4.80. The van der Waals surface area contributed by atoms with Crippen LogP contribution in [0.5, 0.6) is 11.5 Å². The fourth-order valence-electron chi connectivity index (χ4n) is 5.36. The third-order valence-electron chi connectivity index (χ3n) is 7.05. The molecule has 0 radical (unpaired) electrons. The van der Waals surface area contributed by atoms with E-state index in [-0.39, 0.29) is 0 Å². The van der Waals surface area contributed by atoms with E-state index in [2.05, 4.69) is 135 Å². The Balaban J connectivity index is 1.58. The van der Waals surface area contributed by atoms with Crippen molar-refractivity contribution in [1.82, 2.24) is 4.57 Å². The minimum atomic E-state index is 0.797. The van der Waals surface area contributed by atoms with E-state index < -0.39 is 0 Å². The van der Waals surface area contributed by atoms with Crippen molar-refractivity contribution in [3.8, 4) is 17.2 Å². The Morgan fingerprint density at radius 3 is 1.93 bits per heavy atom. The summed E-state index contributed by atoms with van der Waals surface area (Å²) in [5.74, 6) is 1.60. The zero-order chi connectivity index (χ0) is 26.9. The number of para-hydroxylation sites is 4. The zero-order valence-corrected chi connectivity index (χ0v) is 23.2. The van der Waals surface area contributed by atoms with Crippen molar-refractivity contribution in [3.05, 3.63) is 156 Å². The molecule has 40 heavy (non-hydrogen) atoms.